The molecule has 0 aromatic heterocycles. The fraction of sp³-hybridized carbons (Fsp3) is 0.263. The molecule has 4 nitrogen and oxygen atoms in total. The lowest BCUT2D eigenvalue weighted by atomic mass is 9.87. The molecule has 2 aromatic carbocycles. The number of benzene rings is 2. The second kappa shape index (κ2) is 7.46. The number of anilines is 1. The average Bonchev–Trinajstić information content (AvgIpc) is 2.49. The molecule has 132 valence electrons. The van der Waals surface area contributed by atoms with Gasteiger partial charge in [0.2, 0.25) is 0 Å². The van der Waals surface area contributed by atoms with E-state index in [4.69, 9.17) is 27.9 Å². The Morgan fingerprint density at radius 3 is 2.16 bits per heavy atom. The molecule has 0 aliphatic heterocycles. The van der Waals surface area contributed by atoms with Gasteiger partial charge in [0.1, 0.15) is 0 Å². The molecule has 6 heteroatoms. The van der Waals surface area contributed by atoms with E-state index in [9.17, 15) is 9.59 Å². The molecule has 0 radical (unpaired) electrons. The molecule has 0 saturated carbocycles. The van der Waals surface area contributed by atoms with Crippen LogP contribution in [-0.2, 0) is 10.2 Å². The van der Waals surface area contributed by atoms with Crippen LogP contribution in [0, 0.1) is 0 Å². The van der Waals surface area contributed by atoms with E-state index < -0.39 is 11.9 Å². The topological polar surface area (TPSA) is 55.4 Å². The number of amides is 1. The summed E-state index contributed by atoms with van der Waals surface area (Å²) in [6, 6.07) is 10.4. The van der Waals surface area contributed by atoms with E-state index in [1.165, 1.54) is 19.1 Å². The zero-order valence-electron chi connectivity index (χ0n) is 14.4. The summed E-state index contributed by atoms with van der Waals surface area (Å²) in [4.78, 5) is 23.9. The molecule has 0 spiro atoms. The molecular formula is C19H19Cl2NO3. The molecule has 0 fully saturated rings. The Kier molecular flexibility index (Phi) is 5.76. The largest absolute Gasteiger partial charge is 0.424 e. The zero-order valence-corrected chi connectivity index (χ0v) is 16.0. The van der Waals surface area contributed by atoms with Crippen molar-refractivity contribution < 1.29 is 14.3 Å². The van der Waals surface area contributed by atoms with Crippen LogP contribution in [0.25, 0.3) is 0 Å². The van der Waals surface area contributed by atoms with Crippen LogP contribution in [0.15, 0.2) is 36.4 Å². The number of hydrogen-bond donors (Lipinski definition) is 1. The molecule has 0 saturated heterocycles. The molecular weight excluding hydrogens is 361 g/mol. The molecule has 1 N–H and O–H groups in total. The van der Waals surface area contributed by atoms with E-state index in [0.717, 1.165) is 5.56 Å². The van der Waals surface area contributed by atoms with Gasteiger partial charge in [-0.1, -0.05) is 56.1 Å². The van der Waals surface area contributed by atoms with E-state index in [-0.39, 0.29) is 26.8 Å². The lowest BCUT2D eigenvalue weighted by Crippen LogP contribution is -2.16. The highest BCUT2D eigenvalue weighted by Crippen LogP contribution is 2.33. The number of ether oxygens (including phenoxy) is 1. The van der Waals surface area contributed by atoms with Crippen molar-refractivity contribution in [2.45, 2.75) is 33.1 Å². The number of esters is 1. The average molecular weight is 380 g/mol. The second-order valence-electron chi connectivity index (χ2n) is 6.64. The fourth-order valence-corrected chi connectivity index (χ4v) is 2.76. The highest BCUT2D eigenvalue weighted by Gasteiger charge is 2.19. The first-order chi connectivity index (χ1) is 11.6. The van der Waals surface area contributed by atoms with Crippen molar-refractivity contribution in [1.29, 1.82) is 0 Å². The van der Waals surface area contributed by atoms with Gasteiger partial charge in [0, 0.05) is 17.6 Å². The van der Waals surface area contributed by atoms with E-state index in [1.54, 1.807) is 0 Å². The van der Waals surface area contributed by atoms with Gasteiger partial charge in [-0.05, 0) is 35.2 Å². The Morgan fingerprint density at radius 2 is 1.64 bits per heavy atom. The van der Waals surface area contributed by atoms with Crippen LogP contribution < -0.4 is 10.1 Å². The van der Waals surface area contributed by atoms with Crippen molar-refractivity contribution in [3.8, 4) is 5.75 Å². The molecule has 0 atom stereocenters. The van der Waals surface area contributed by atoms with Crippen LogP contribution in [0.3, 0.4) is 0 Å². The van der Waals surface area contributed by atoms with Crippen molar-refractivity contribution in [2.24, 2.45) is 0 Å². The van der Waals surface area contributed by atoms with Crippen LogP contribution in [0.2, 0.25) is 10.0 Å². The SMILES string of the molecule is CC(=O)Oc1c(Cl)cc(Cl)cc1C(=O)Nc1ccc(C(C)(C)C)cc1. The summed E-state index contributed by atoms with van der Waals surface area (Å²) >= 11 is 12.0. The molecule has 2 aromatic rings. The third-order valence-electron chi connectivity index (χ3n) is 3.51. The van der Waals surface area contributed by atoms with Gasteiger partial charge in [-0.25, -0.2) is 0 Å². The highest BCUT2D eigenvalue weighted by atomic mass is 35.5. The molecule has 0 unspecified atom stereocenters. The van der Waals surface area contributed by atoms with Crippen molar-refractivity contribution in [3.05, 3.63) is 57.6 Å². The lowest BCUT2D eigenvalue weighted by molar-refractivity contribution is -0.131. The summed E-state index contributed by atoms with van der Waals surface area (Å²) in [5, 5.41) is 3.12. The quantitative estimate of drug-likeness (QED) is 0.568. The fourth-order valence-electron chi connectivity index (χ4n) is 2.23. The number of halogens is 2. The summed E-state index contributed by atoms with van der Waals surface area (Å²) in [5.74, 6) is -1.06. The van der Waals surface area contributed by atoms with Crippen LogP contribution in [0.4, 0.5) is 5.69 Å². The maximum Gasteiger partial charge on any atom is 0.308 e. The van der Waals surface area contributed by atoms with Crippen LogP contribution in [-0.4, -0.2) is 11.9 Å². The molecule has 2 rings (SSSR count). The zero-order chi connectivity index (χ0) is 18.8. The number of carbonyl (C=O) groups excluding carboxylic acids is 2. The van der Waals surface area contributed by atoms with Gasteiger partial charge in [-0.15, -0.1) is 0 Å². The summed E-state index contributed by atoms with van der Waals surface area (Å²) < 4.78 is 5.06. The van der Waals surface area contributed by atoms with Gasteiger partial charge in [0.15, 0.2) is 5.75 Å². The number of rotatable bonds is 3. The minimum Gasteiger partial charge on any atom is -0.424 e. The van der Waals surface area contributed by atoms with E-state index in [1.807, 2.05) is 24.3 Å². The molecule has 1 amide bonds. The Hall–Kier alpha value is -2.04. The monoisotopic (exact) mass is 379 g/mol. The third-order valence-corrected chi connectivity index (χ3v) is 4.01. The van der Waals surface area contributed by atoms with E-state index in [2.05, 4.69) is 26.1 Å². The molecule has 0 heterocycles. The van der Waals surface area contributed by atoms with Crippen LogP contribution in [0.1, 0.15) is 43.6 Å². The first kappa shape index (κ1) is 19.3. The molecule has 0 aliphatic rings. The Morgan fingerprint density at radius 1 is 1.04 bits per heavy atom. The van der Waals surface area contributed by atoms with E-state index >= 15 is 0 Å². The molecule has 0 aliphatic carbocycles. The Balaban J connectivity index is 2.30. The minimum absolute atomic E-state index is 0.0117. The maximum absolute atomic E-state index is 12.6. The molecule has 25 heavy (non-hydrogen) atoms. The van der Waals surface area contributed by atoms with Gasteiger partial charge in [-0.2, -0.15) is 0 Å². The predicted molar refractivity (Wildman–Crippen MR) is 101 cm³/mol. The normalized spacial score (nSPS) is 11.1. The van der Waals surface area contributed by atoms with Crippen LogP contribution in [0.5, 0.6) is 5.75 Å². The van der Waals surface area contributed by atoms with Gasteiger partial charge in [0.25, 0.3) is 5.91 Å². The van der Waals surface area contributed by atoms with Crippen molar-refractivity contribution in [3.63, 3.8) is 0 Å². The Labute approximate surface area is 157 Å². The number of nitrogens with one attached hydrogen (secondary N) is 1. The van der Waals surface area contributed by atoms with Crippen molar-refractivity contribution in [1.82, 2.24) is 0 Å². The van der Waals surface area contributed by atoms with Crippen molar-refractivity contribution in [2.75, 3.05) is 5.32 Å². The second-order valence-corrected chi connectivity index (χ2v) is 7.48. The lowest BCUT2D eigenvalue weighted by Gasteiger charge is -2.19. The maximum atomic E-state index is 12.6. The standard InChI is InChI=1S/C19H19Cl2NO3/c1-11(23)25-17-15(9-13(20)10-16(17)21)18(24)22-14-7-5-12(6-8-14)19(2,3)4/h5-10H,1-4H3,(H,22,24). The number of hydrogen-bond acceptors (Lipinski definition) is 3. The third kappa shape index (κ3) is 4.97. The van der Waals surface area contributed by atoms with Crippen molar-refractivity contribution >= 4 is 40.8 Å². The number of carbonyl (C=O) groups is 2. The summed E-state index contributed by atoms with van der Waals surface area (Å²) in [6.45, 7) is 7.57. The highest BCUT2D eigenvalue weighted by molar-refractivity contribution is 6.36. The van der Waals surface area contributed by atoms with Gasteiger partial charge >= 0.3 is 5.97 Å². The van der Waals surface area contributed by atoms with E-state index in [0.29, 0.717) is 5.69 Å². The first-order valence-electron chi connectivity index (χ1n) is 7.67. The Bertz CT molecular complexity index is 809. The summed E-state index contributed by atoms with van der Waals surface area (Å²) in [6.07, 6.45) is 0. The first-order valence-corrected chi connectivity index (χ1v) is 8.43. The summed E-state index contributed by atoms with van der Waals surface area (Å²) in [5.41, 5.74) is 1.87. The van der Waals surface area contributed by atoms with Gasteiger partial charge in [-0.3, -0.25) is 9.59 Å². The smallest absolute Gasteiger partial charge is 0.308 e. The van der Waals surface area contributed by atoms with Gasteiger partial charge in [0.05, 0.1) is 10.6 Å². The molecule has 0 bridgehead atoms. The summed E-state index contributed by atoms with van der Waals surface area (Å²) in [7, 11) is 0. The van der Waals surface area contributed by atoms with Gasteiger partial charge < -0.3 is 10.1 Å². The minimum atomic E-state index is -0.576. The van der Waals surface area contributed by atoms with Crippen LogP contribution >= 0.6 is 23.2 Å². The predicted octanol–water partition coefficient (Wildman–Crippen LogP) is 5.47.